The molecule has 0 fully saturated rings. The van der Waals surface area contributed by atoms with Gasteiger partial charge in [0.2, 0.25) is 0 Å². The van der Waals surface area contributed by atoms with E-state index in [2.05, 4.69) is 9.46 Å². The van der Waals surface area contributed by atoms with Crippen LogP contribution in [0.5, 0.6) is 0 Å². The molecule has 1 atom stereocenters. The minimum absolute atomic E-state index is 0.903. The summed E-state index contributed by atoms with van der Waals surface area (Å²) >= 11 is 0. The second-order valence-electron chi connectivity index (χ2n) is 2.61. The summed E-state index contributed by atoms with van der Waals surface area (Å²) in [5, 5.41) is 8.60. The Balaban J connectivity index is 3.64. The largest absolute Gasteiger partial charge is 0.409 e. The van der Waals surface area contributed by atoms with Crippen molar-refractivity contribution < 1.29 is 24.2 Å². The Kier molecular flexibility index (Phi) is 3.66. The van der Waals surface area contributed by atoms with E-state index in [1.165, 1.54) is 20.0 Å². The first kappa shape index (κ1) is 10.6. The molecule has 0 aromatic rings. The van der Waals surface area contributed by atoms with Crippen LogP contribution < -0.4 is 0 Å². The zero-order valence-electron chi connectivity index (χ0n) is 6.70. The number of hydrogen-bond acceptors (Lipinski definition) is 5. The second-order valence-corrected chi connectivity index (χ2v) is 5.67. The number of hydrogen-bond donors (Lipinski definition) is 2. The van der Waals surface area contributed by atoms with Crippen molar-refractivity contribution in [3.05, 3.63) is 0 Å². The predicted octanol–water partition coefficient (Wildman–Crippen LogP) is -0.464. The number of aliphatic hydroxyl groups is 1. The highest BCUT2D eigenvalue weighted by atomic mass is 28.4. The normalized spacial score (nSPS) is 14.3. The summed E-state index contributed by atoms with van der Waals surface area (Å²) in [5.74, 6) is -0.903. The molecule has 0 radical (unpaired) electrons. The maximum atomic E-state index is 10.5. The number of aliphatic hydroxyl groups excluding tert-OH is 1. The summed E-state index contributed by atoms with van der Waals surface area (Å²) in [4.78, 5) is 23.6. The third-order valence-electron chi connectivity index (χ3n) is 0.669. The Labute approximate surface area is 65.7 Å². The SMILES string of the molecule is CC(O)C(=O)OO[Si](C)(C)O. The number of carbonyl (C=O) groups is 1. The van der Waals surface area contributed by atoms with Gasteiger partial charge in [-0.3, -0.25) is 0 Å². The second kappa shape index (κ2) is 3.81. The van der Waals surface area contributed by atoms with Crippen molar-refractivity contribution in [1.29, 1.82) is 0 Å². The van der Waals surface area contributed by atoms with E-state index < -0.39 is 20.6 Å². The van der Waals surface area contributed by atoms with Crippen LogP contribution in [0, 0.1) is 0 Å². The summed E-state index contributed by atoms with van der Waals surface area (Å²) in [6, 6.07) is 0. The van der Waals surface area contributed by atoms with E-state index in [-0.39, 0.29) is 0 Å². The van der Waals surface area contributed by atoms with Crippen LogP contribution in [0.1, 0.15) is 6.92 Å². The molecule has 0 heterocycles. The molecule has 0 aliphatic heterocycles. The summed E-state index contributed by atoms with van der Waals surface area (Å²) in [7, 11) is -2.82. The standard InChI is InChI=1S/C5H12O5Si/c1-4(6)5(7)9-10-11(2,3)8/h4,6,8H,1-3H3. The Morgan fingerprint density at radius 2 is 2.00 bits per heavy atom. The van der Waals surface area contributed by atoms with Crippen molar-refractivity contribution in [1.82, 2.24) is 0 Å². The molecule has 0 spiro atoms. The summed E-state index contributed by atoms with van der Waals surface area (Å²) in [6.07, 6.45) is -1.23. The smallest absolute Gasteiger partial charge is 0.382 e. The lowest BCUT2D eigenvalue weighted by Crippen LogP contribution is -2.33. The highest BCUT2D eigenvalue weighted by Gasteiger charge is 2.24. The lowest BCUT2D eigenvalue weighted by atomic mass is 10.4. The van der Waals surface area contributed by atoms with Gasteiger partial charge in [0.25, 0.3) is 0 Å². The average molecular weight is 180 g/mol. The lowest BCUT2D eigenvalue weighted by Gasteiger charge is -2.12. The molecule has 0 rings (SSSR count). The van der Waals surface area contributed by atoms with Crippen LogP contribution in [0.2, 0.25) is 13.1 Å². The van der Waals surface area contributed by atoms with E-state index in [0.717, 1.165) is 0 Å². The van der Waals surface area contributed by atoms with E-state index in [4.69, 9.17) is 9.90 Å². The predicted molar refractivity (Wildman–Crippen MR) is 38.6 cm³/mol. The summed E-state index contributed by atoms with van der Waals surface area (Å²) < 4.78 is 4.34. The van der Waals surface area contributed by atoms with Gasteiger partial charge in [-0.1, -0.05) is 0 Å². The quantitative estimate of drug-likeness (QED) is 0.349. The van der Waals surface area contributed by atoms with Gasteiger partial charge in [-0.2, -0.15) is 0 Å². The molecule has 5 nitrogen and oxygen atoms in total. The van der Waals surface area contributed by atoms with E-state index >= 15 is 0 Å². The molecular weight excluding hydrogens is 168 g/mol. The Morgan fingerprint density at radius 1 is 1.55 bits per heavy atom. The topological polar surface area (TPSA) is 76.0 Å². The van der Waals surface area contributed by atoms with Crippen LogP contribution in [0.4, 0.5) is 0 Å². The fourth-order valence-corrected chi connectivity index (χ4v) is 0.499. The molecule has 0 saturated heterocycles. The minimum atomic E-state index is -2.82. The van der Waals surface area contributed by atoms with Gasteiger partial charge in [-0.05, 0) is 20.0 Å². The van der Waals surface area contributed by atoms with Gasteiger partial charge in [0.05, 0.1) is 0 Å². The lowest BCUT2D eigenvalue weighted by molar-refractivity contribution is -0.233. The first-order valence-electron chi connectivity index (χ1n) is 3.13. The summed E-state index contributed by atoms with van der Waals surface area (Å²) in [6.45, 7) is 4.11. The first-order chi connectivity index (χ1) is 4.83. The van der Waals surface area contributed by atoms with E-state index in [1.807, 2.05) is 0 Å². The summed E-state index contributed by atoms with van der Waals surface area (Å²) in [5.41, 5.74) is 0. The Hall–Kier alpha value is -0.433. The molecule has 11 heavy (non-hydrogen) atoms. The van der Waals surface area contributed by atoms with E-state index in [0.29, 0.717) is 0 Å². The average Bonchev–Trinajstić information content (AvgIpc) is 1.80. The minimum Gasteiger partial charge on any atom is -0.409 e. The van der Waals surface area contributed by atoms with Gasteiger partial charge in [-0.25, -0.2) is 9.37 Å². The van der Waals surface area contributed by atoms with E-state index in [1.54, 1.807) is 0 Å². The molecule has 1 unspecified atom stereocenters. The molecule has 0 aromatic heterocycles. The van der Waals surface area contributed by atoms with Crippen LogP contribution in [-0.2, 0) is 14.3 Å². The van der Waals surface area contributed by atoms with Gasteiger partial charge in [0.1, 0.15) is 0 Å². The van der Waals surface area contributed by atoms with Crippen LogP contribution in [0.3, 0.4) is 0 Å². The molecule has 2 N–H and O–H groups in total. The third kappa shape index (κ3) is 5.98. The van der Waals surface area contributed by atoms with Crippen LogP contribution in [0.15, 0.2) is 0 Å². The molecule has 0 aromatic carbocycles. The van der Waals surface area contributed by atoms with Crippen molar-refractivity contribution in [3.8, 4) is 0 Å². The van der Waals surface area contributed by atoms with Gasteiger partial charge < -0.3 is 14.8 Å². The van der Waals surface area contributed by atoms with Crippen LogP contribution in [-0.4, -0.2) is 30.5 Å². The zero-order chi connectivity index (χ0) is 9.07. The number of rotatable bonds is 3. The van der Waals surface area contributed by atoms with Gasteiger partial charge in [-0.15, -0.1) is 0 Å². The third-order valence-corrected chi connectivity index (χ3v) is 1.16. The van der Waals surface area contributed by atoms with E-state index in [9.17, 15) is 4.79 Å². The monoisotopic (exact) mass is 180 g/mol. The van der Waals surface area contributed by atoms with Crippen molar-refractivity contribution >= 4 is 14.5 Å². The maximum Gasteiger partial charge on any atom is 0.382 e. The van der Waals surface area contributed by atoms with Crippen molar-refractivity contribution in [2.45, 2.75) is 26.1 Å². The molecule has 0 aliphatic carbocycles. The van der Waals surface area contributed by atoms with Gasteiger partial charge >= 0.3 is 14.5 Å². The molecule has 0 amide bonds. The number of carbonyl (C=O) groups excluding carboxylic acids is 1. The zero-order valence-corrected chi connectivity index (χ0v) is 7.70. The molecule has 0 saturated carbocycles. The highest BCUT2D eigenvalue weighted by Crippen LogP contribution is 1.99. The fourth-order valence-electron chi connectivity index (χ4n) is 0.213. The van der Waals surface area contributed by atoms with Gasteiger partial charge in [0, 0.05) is 0 Å². The first-order valence-corrected chi connectivity index (χ1v) is 5.98. The molecular formula is C5H12O5Si. The van der Waals surface area contributed by atoms with Crippen molar-refractivity contribution in [2.24, 2.45) is 0 Å². The Bertz CT molecular complexity index is 138. The van der Waals surface area contributed by atoms with Gasteiger partial charge in [0.15, 0.2) is 6.10 Å². The fraction of sp³-hybridized carbons (Fsp3) is 0.800. The van der Waals surface area contributed by atoms with Crippen molar-refractivity contribution in [3.63, 3.8) is 0 Å². The van der Waals surface area contributed by atoms with Crippen LogP contribution in [0.25, 0.3) is 0 Å². The molecule has 66 valence electrons. The van der Waals surface area contributed by atoms with Crippen LogP contribution >= 0.6 is 0 Å². The molecule has 6 heteroatoms. The molecule has 0 aliphatic rings. The highest BCUT2D eigenvalue weighted by molar-refractivity contribution is 6.62. The van der Waals surface area contributed by atoms with Crippen molar-refractivity contribution in [2.75, 3.05) is 0 Å². The Morgan fingerprint density at radius 3 is 2.27 bits per heavy atom. The molecule has 0 bridgehead atoms. The maximum absolute atomic E-state index is 10.5.